The minimum atomic E-state index is -0.331. The van der Waals surface area contributed by atoms with Gasteiger partial charge in [-0.25, -0.2) is 0 Å². The zero-order chi connectivity index (χ0) is 26.8. The molecular weight excluding hydrogens is 504 g/mol. The van der Waals surface area contributed by atoms with Gasteiger partial charge in [-0.15, -0.1) is 0 Å². The summed E-state index contributed by atoms with van der Waals surface area (Å²) >= 11 is 6.51. The van der Waals surface area contributed by atoms with Crippen LogP contribution < -0.4 is 25.7 Å². The third kappa shape index (κ3) is 4.80. The first-order chi connectivity index (χ1) is 18.4. The highest BCUT2D eigenvalue weighted by Crippen LogP contribution is 2.35. The van der Waals surface area contributed by atoms with Gasteiger partial charge in [0.1, 0.15) is 40.0 Å². The van der Waals surface area contributed by atoms with Gasteiger partial charge in [0.15, 0.2) is 0 Å². The molecule has 0 spiro atoms. The number of anilines is 1. The van der Waals surface area contributed by atoms with E-state index in [9.17, 15) is 10.1 Å². The van der Waals surface area contributed by atoms with Gasteiger partial charge in [0, 0.05) is 37.3 Å². The Kier molecular flexibility index (Phi) is 7.27. The molecule has 3 heterocycles. The maximum Gasteiger partial charge on any atom is 0.305 e. The predicted octanol–water partition coefficient (Wildman–Crippen LogP) is 4.43. The van der Waals surface area contributed by atoms with Crippen molar-refractivity contribution >= 4 is 28.5 Å². The number of hydrogen-bond acceptors (Lipinski definition) is 7. The van der Waals surface area contributed by atoms with Crippen LogP contribution in [0.25, 0.3) is 11.0 Å². The maximum atomic E-state index is 13.8. The van der Waals surface area contributed by atoms with E-state index >= 15 is 0 Å². The average Bonchev–Trinajstić information content (AvgIpc) is 3.21. The molecule has 2 aromatic heterocycles. The fourth-order valence-electron chi connectivity index (χ4n) is 4.91. The molecule has 2 aromatic carbocycles. The SMILES string of the molecule is CCOc1cccc(Oc2nc3c(C#N)c(N4CCC[C@@H](N)C4)n(Cc4ccccc4Cl)c3c(=O)n2C)c1. The Morgan fingerprint density at radius 2 is 2.00 bits per heavy atom. The summed E-state index contributed by atoms with van der Waals surface area (Å²) < 4.78 is 14.8. The minimum Gasteiger partial charge on any atom is -0.494 e. The highest BCUT2D eigenvalue weighted by atomic mass is 35.5. The highest BCUT2D eigenvalue weighted by Gasteiger charge is 2.29. The van der Waals surface area contributed by atoms with Crippen LogP contribution in [0, 0.1) is 11.3 Å². The lowest BCUT2D eigenvalue weighted by atomic mass is 10.1. The molecule has 0 saturated carbocycles. The van der Waals surface area contributed by atoms with Gasteiger partial charge in [-0.2, -0.15) is 10.2 Å². The number of aromatic nitrogens is 3. The van der Waals surface area contributed by atoms with Crippen molar-refractivity contribution in [3.05, 3.63) is 75.0 Å². The van der Waals surface area contributed by atoms with Crippen molar-refractivity contribution in [1.29, 1.82) is 5.26 Å². The lowest BCUT2D eigenvalue weighted by Crippen LogP contribution is -2.44. The standard InChI is InChI=1S/C28H29ClN6O3/c1-3-37-20-10-6-11-21(14-20)38-28-32-24-22(15-30)26(34-13-7-9-19(31)17-34)35(25(24)27(36)33(28)2)16-18-8-4-5-12-23(18)29/h4-6,8,10-12,14,19H,3,7,9,13,16-17,31H2,1-2H3/t19-/m1/s1. The van der Waals surface area contributed by atoms with Crippen molar-refractivity contribution in [2.24, 2.45) is 12.8 Å². The van der Waals surface area contributed by atoms with Crippen LogP contribution in [0.1, 0.15) is 30.9 Å². The zero-order valence-electron chi connectivity index (χ0n) is 21.4. The monoisotopic (exact) mass is 532 g/mol. The van der Waals surface area contributed by atoms with Crippen LogP contribution in [0.3, 0.4) is 0 Å². The smallest absolute Gasteiger partial charge is 0.305 e. The van der Waals surface area contributed by atoms with Gasteiger partial charge in [-0.1, -0.05) is 35.9 Å². The Morgan fingerprint density at radius 3 is 2.74 bits per heavy atom. The third-order valence-corrected chi connectivity index (χ3v) is 7.06. The molecule has 5 rings (SSSR count). The fourth-order valence-corrected chi connectivity index (χ4v) is 5.11. The van der Waals surface area contributed by atoms with Crippen LogP contribution in [0.5, 0.6) is 17.5 Å². The van der Waals surface area contributed by atoms with E-state index in [0.29, 0.717) is 53.1 Å². The van der Waals surface area contributed by atoms with E-state index in [0.717, 1.165) is 24.9 Å². The quantitative estimate of drug-likeness (QED) is 0.375. The van der Waals surface area contributed by atoms with Crippen LogP contribution in [-0.4, -0.2) is 39.9 Å². The first kappa shape index (κ1) is 25.6. The van der Waals surface area contributed by atoms with Crippen LogP contribution in [0.15, 0.2) is 53.3 Å². The van der Waals surface area contributed by atoms with Crippen LogP contribution in [0.2, 0.25) is 5.02 Å². The van der Waals surface area contributed by atoms with E-state index in [4.69, 9.17) is 31.8 Å². The number of nitriles is 1. The van der Waals surface area contributed by atoms with Gasteiger partial charge in [0.25, 0.3) is 5.56 Å². The van der Waals surface area contributed by atoms with Crippen molar-refractivity contribution in [2.75, 3.05) is 24.6 Å². The molecule has 38 heavy (non-hydrogen) atoms. The van der Waals surface area contributed by atoms with Crippen molar-refractivity contribution in [1.82, 2.24) is 14.1 Å². The van der Waals surface area contributed by atoms with Crippen LogP contribution in [-0.2, 0) is 13.6 Å². The van der Waals surface area contributed by atoms with Gasteiger partial charge >= 0.3 is 6.01 Å². The van der Waals surface area contributed by atoms with E-state index in [1.807, 2.05) is 41.8 Å². The molecule has 4 aromatic rings. The van der Waals surface area contributed by atoms with Gasteiger partial charge in [0.05, 0.1) is 13.2 Å². The number of rotatable bonds is 7. The molecule has 9 nitrogen and oxygen atoms in total. The van der Waals surface area contributed by atoms with Crippen LogP contribution >= 0.6 is 11.6 Å². The lowest BCUT2D eigenvalue weighted by Gasteiger charge is -2.33. The van der Waals surface area contributed by atoms with Gasteiger partial charge < -0.3 is 24.7 Å². The molecule has 1 atom stereocenters. The third-order valence-electron chi connectivity index (χ3n) is 6.69. The Hall–Kier alpha value is -4.00. The number of halogens is 1. The van der Waals surface area contributed by atoms with E-state index in [2.05, 4.69) is 11.0 Å². The summed E-state index contributed by atoms with van der Waals surface area (Å²) in [4.78, 5) is 20.6. The average molecular weight is 533 g/mol. The molecule has 0 amide bonds. The summed E-state index contributed by atoms with van der Waals surface area (Å²) in [6.07, 6.45) is 1.79. The molecular formula is C28H29ClN6O3. The molecule has 0 bridgehead atoms. The highest BCUT2D eigenvalue weighted by molar-refractivity contribution is 6.31. The first-order valence-electron chi connectivity index (χ1n) is 12.6. The first-order valence-corrected chi connectivity index (χ1v) is 13.0. The Labute approximate surface area is 225 Å². The van der Waals surface area contributed by atoms with Crippen molar-refractivity contribution < 1.29 is 9.47 Å². The summed E-state index contributed by atoms with van der Waals surface area (Å²) in [6.45, 7) is 4.00. The largest absolute Gasteiger partial charge is 0.494 e. The number of nitrogens with two attached hydrogens (primary N) is 1. The second-order valence-corrected chi connectivity index (χ2v) is 9.71. The van der Waals surface area contributed by atoms with Crippen molar-refractivity contribution in [3.8, 4) is 23.6 Å². The summed E-state index contributed by atoms with van der Waals surface area (Å²) in [5.41, 5.74) is 7.71. The fraction of sp³-hybridized carbons (Fsp3) is 0.321. The maximum absolute atomic E-state index is 13.8. The topological polar surface area (TPSA) is 111 Å². The second-order valence-electron chi connectivity index (χ2n) is 9.30. The van der Waals surface area contributed by atoms with Crippen molar-refractivity contribution in [2.45, 2.75) is 32.4 Å². The van der Waals surface area contributed by atoms with Gasteiger partial charge in [0.2, 0.25) is 0 Å². The lowest BCUT2D eigenvalue weighted by molar-refractivity contribution is 0.337. The Morgan fingerprint density at radius 1 is 1.21 bits per heavy atom. The summed E-state index contributed by atoms with van der Waals surface area (Å²) in [7, 11) is 1.60. The summed E-state index contributed by atoms with van der Waals surface area (Å²) in [5, 5.41) is 10.9. The number of hydrogen-bond donors (Lipinski definition) is 1. The molecule has 1 saturated heterocycles. The van der Waals surface area contributed by atoms with Gasteiger partial charge in [-0.05, 0) is 43.5 Å². The molecule has 2 N–H and O–H groups in total. The molecule has 10 heteroatoms. The zero-order valence-corrected chi connectivity index (χ0v) is 22.1. The van der Waals surface area contributed by atoms with E-state index < -0.39 is 0 Å². The molecule has 0 unspecified atom stereocenters. The summed E-state index contributed by atoms with van der Waals surface area (Å²) in [5.74, 6) is 1.73. The molecule has 1 aliphatic rings. The molecule has 196 valence electrons. The predicted molar refractivity (Wildman–Crippen MR) is 147 cm³/mol. The number of benzene rings is 2. The number of nitrogens with zero attached hydrogens (tertiary/aromatic N) is 5. The Bertz CT molecular complexity index is 1590. The van der Waals surface area contributed by atoms with E-state index in [1.165, 1.54) is 4.57 Å². The van der Waals surface area contributed by atoms with Crippen LogP contribution in [0.4, 0.5) is 5.82 Å². The second kappa shape index (κ2) is 10.8. The molecule has 1 aliphatic heterocycles. The van der Waals surface area contributed by atoms with Crippen molar-refractivity contribution in [3.63, 3.8) is 0 Å². The number of ether oxygens (including phenoxy) is 2. The van der Waals surface area contributed by atoms with E-state index in [1.54, 1.807) is 25.2 Å². The number of piperidine rings is 1. The number of fused-ring (bicyclic) bond motifs is 1. The summed E-state index contributed by atoms with van der Waals surface area (Å²) in [6, 6.07) is 16.9. The Balaban J connectivity index is 1.70. The van der Waals surface area contributed by atoms with Gasteiger partial charge in [-0.3, -0.25) is 9.36 Å². The molecule has 0 radical (unpaired) electrons. The van der Waals surface area contributed by atoms with E-state index in [-0.39, 0.29) is 23.1 Å². The minimum absolute atomic E-state index is 0.0330. The molecule has 0 aliphatic carbocycles. The molecule has 1 fully saturated rings. The normalized spacial score (nSPS) is 15.4.